The third kappa shape index (κ3) is 3.82. The van der Waals surface area contributed by atoms with Gasteiger partial charge in [0, 0.05) is 10.7 Å². The molecule has 0 radical (unpaired) electrons. The lowest BCUT2D eigenvalue weighted by molar-refractivity contribution is -0.150. The van der Waals surface area contributed by atoms with Crippen molar-refractivity contribution in [2.45, 2.75) is 18.3 Å². The zero-order valence-corrected chi connectivity index (χ0v) is 15.1. The molecule has 1 saturated carbocycles. The average molecular weight is 389 g/mol. The van der Waals surface area contributed by atoms with Crippen molar-refractivity contribution in [1.82, 2.24) is 0 Å². The van der Waals surface area contributed by atoms with E-state index >= 15 is 0 Å². The number of amides is 1. The lowest BCUT2D eigenvalue weighted by Crippen LogP contribution is -2.28. The molecule has 5 nitrogen and oxygen atoms in total. The maximum Gasteiger partial charge on any atom is 0.317 e. The van der Waals surface area contributed by atoms with Crippen molar-refractivity contribution in [2.75, 3.05) is 11.9 Å². The number of carbonyl (C=O) groups is 2. The molecule has 132 valence electrons. The first-order valence-corrected chi connectivity index (χ1v) is 8.63. The lowest BCUT2D eigenvalue weighted by Gasteiger charge is -2.15. The van der Waals surface area contributed by atoms with Crippen LogP contribution < -0.4 is 5.32 Å². The molecule has 0 spiro atoms. The number of esters is 1. The van der Waals surface area contributed by atoms with Crippen LogP contribution in [0.4, 0.5) is 5.69 Å². The molecule has 2 aromatic carbocycles. The molecule has 2 aromatic rings. The van der Waals surface area contributed by atoms with Crippen LogP contribution in [0.25, 0.3) is 0 Å². The van der Waals surface area contributed by atoms with Gasteiger partial charge in [0.15, 0.2) is 6.61 Å². The summed E-state index contributed by atoms with van der Waals surface area (Å²) in [4.78, 5) is 24.4. The average Bonchev–Trinajstić information content (AvgIpc) is 3.42. The summed E-state index contributed by atoms with van der Waals surface area (Å²) in [5, 5.41) is 12.3. The van der Waals surface area contributed by atoms with Gasteiger partial charge in [0.2, 0.25) is 0 Å². The van der Waals surface area contributed by atoms with Crippen LogP contribution in [0.5, 0.6) is 0 Å². The summed E-state index contributed by atoms with van der Waals surface area (Å²) in [5.41, 5.74) is 0.901. The topological polar surface area (TPSA) is 79.2 Å². The molecule has 0 heterocycles. The van der Waals surface area contributed by atoms with Crippen LogP contribution in [-0.4, -0.2) is 18.5 Å². The molecule has 3 rings (SSSR count). The summed E-state index contributed by atoms with van der Waals surface area (Å²) in [6.45, 7) is -0.397. The Morgan fingerprint density at radius 3 is 2.42 bits per heavy atom. The van der Waals surface area contributed by atoms with E-state index in [0.717, 1.165) is 5.56 Å². The molecule has 0 atom stereocenters. The molecule has 0 bridgehead atoms. The molecule has 0 aliphatic heterocycles. The van der Waals surface area contributed by atoms with Gasteiger partial charge in [-0.1, -0.05) is 35.3 Å². The zero-order chi connectivity index (χ0) is 18.7. The van der Waals surface area contributed by atoms with E-state index in [2.05, 4.69) is 5.32 Å². The van der Waals surface area contributed by atoms with E-state index in [1.54, 1.807) is 30.3 Å². The van der Waals surface area contributed by atoms with Crippen LogP contribution >= 0.6 is 23.2 Å². The number of anilines is 1. The number of carbonyl (C=O) groups excluding carboxylic acids is 2. The summed E-state index contributed by atoms with van der Waals surface area (Å²) < 4.78 is 5.19. The summed E-state index contributed by atoms with van der Waals surface area (Å²) in [6, 6.07) is 13.5. The molecule has 1 amide bonds. The van der Waals surface area contributed by atoms with Crippen molar-refractivity contribution in [3.63, 3.8) is 0 Å². The van der Waals surface area contributed by atoms with E-state index in [0.29, 0.717) is 29.1 Å². The molecule has 1 fully saturated rings. The first-order chi connectivity index (χ1) is 12.4. The fraction of sp³-hybridized carbons (Fsp3) is 0.211. The number of nitrogens with one attached hydrogen (secondary N) is 1. The van der Waals surface area contributed by atoms with Crippen molar-refractivity contribution in [3.05, 3.63) is 63.6 Å². The number of hydrogen-bond donors (Lipinski definition) is 1. The Morgan fingerprint density at radius 2 is 1.85 bits per heavy atom. The molecule has 1 aliphatic carbocycles. The number of benzene rings is 2. The first kappa shape index (κ1) is 18.2. The summed E-state index contributed by atoms with van der Waals surface area (Å²) in [5.74, 6) is -0.904. The molecule has 26 heavy (non-hydrogen) atoms. The van der Waals surface area contributed by atoms with Gasteiger partial charge in [-0.25, -0.2) is 0 Å². The number of rotatable bonds is 5. The summed E-state index contributed by atoms with van der Waals surface area (Å²) >= 11 is 11.8. The second kappa shape index (κ2) is 7.36. The maximum absolute atomic E-state index is 12.4. The third-order valence-electron chi connectivity index (χ3n) is 4.25. The van der Waals surface area contributed by atoms with E-state index in [4.69, 9.17) is 33.2 Å². The van der Waals surface area contributed by atoms with Crippen molar-refractivity contribution in [2.24, 2.45) is 0 Å². The van der Waals surface area contributed by atoms with Gasteiger partial charge in [0.25, 0.3) is 5.91 Å². The minimum Gasteiger partial charge on any atom is -0.455 e. The second-order valence-electron chi connectivity index (χ2n) is 6.02. The van der Waals surface area contributed by atoms with Crippen LogP contribution in [0.1, 0.15) is 24.0 Å². The highest BCUT2D eigenvalue weighted by molar-refractivity contribution is 6.32. The molecule has 7 heteroatoms. The van der Waals surface area contributed by atoms with E-state index in [-0.39, 0.29) is 5.02 Å². The summed E-state index contributed by atoms with van der Waals surface area (Å²) in [6.07, 6.45) is 1.36. The van der Waals surface area contributed by atoms with Crippen LogP contribution in [-0.2, 0) is 19.7 Å². The molecule has 0 unspecified atom stereocenters. The number of hydrogen-bond acceptors (Lipinski definition) is 4. The predicted octanol–water partition coefficient (Wildman–Crippen LogP) is 4.08. The van der Waals surface area contributed by atoms with Crippen molar-refractivity contribution >= 4 is 40.8 Å². The van der Waals surface area contributed by atoms with Gasteiger partial charge in [-0.05, 0) is 48.7 Å². The molecular weight excluding hydrogens is 375 g/mol. The Balaban J connectivity index is 1.58. The van der Waals surface area contributed by atoms with Gasteiger partial charge in [-0.15, -0.1) is 0 Å². The van der Waals surface area contributed by atoms with Gasteiger partial charge in [-0.3, -0.25) is 9.59 Å². The minimum atomic E-state index is -0.678. The van der Waals surface area contributed by atoms with Crippen LogP contribution in [0.3, 0.4) is 0 Å². The zero-order valence-electron chi connectivity index (χ0n) is 13.6. The molecule has 0 saturated heterocycles. The standard InChI is InChI=1S/C19H14Cl2N2O3/c20-14-4-2-13(3-5-14)19(7-8-19)18(25)26-11-17(24)23-15-6-1-12(10-22)16(21)9-15/h1-6,9H,7-8,11H2,(H,23,24). The van der Waals surface area contributed by atoms with Crippen LogP contribution in [0.2, 0.25) is 10.0 Å². The van der Waals surface area contributed by atoms with E-state index in [1.165, 1.54) is 12.1 Å². The monoisotopic (exact) mass is 388 g/mol. The van der Waals surface area contributed by atoms with Crippen molar-refractivity contribution in [1.29, 1.82) is 5.26 Å². The molecule has 1 N–H and O–H groups in total. The fourth-order valence-electron chi connectivity index (χ4n) is 2.65. The third-order valence-corrected chi connectivity index (χ3v) is 4.81. The number of nitriles is 1. The largest absolute Gasteiger partial charge is 0.455 e. The van der Waals surface area contributed by atoms with Gasteiger partial charge >= 0.3 is 5.97 Å². The highest BCUT2D eigenvalue weighted by atomic mass is 35.5. The first-order valence-electron chi connectivity index (χ1n) is 7.87. The predicted molar refractivity (Wildman–Crippen MR) is 98.1 cm³/mol. The Kier molecular flexibility index (Phi) is 5.17. The highest BCUT2D eigenvalue weighted by Crippen LogP contribution is 2.49. The number of halogens is 2. The maximum atomic E-state index is 12.4. The Morgan fingerprint density at radius 1 is 1.15 bits per heavy atom. The normalized spacial score (nSPS) is 14.2. The Bertz CT molecular complexity index is 900. The SMILES string of the molecule is N#Cc1ccc(NC(=O)COC(=O)C2(c3ccc(Cl)cc3)CC2)cc1Cl. The van der Waals surface area contributed by atoms with Gasteiger partial charge in [-0.2, -0.15) is 5.26 Å². The Hall–Kier alpha value is -2.55. The van der Waals surface area contributed by atoms with Crippen molar-refractivity contribution < 1.29 is 14.3 Å². The highest BCUT2D eigenvalue weighted by Gasteiger charge is 2.52. The Labute approximate surface area is 160 Å². The number of ether oxygens (including phenoxy) is 1. The quantitative estimate of drug-likeness (QED) is 0.782. The molecular formula is C19H14Cl2N2O3. The van der Waals surface area contributed by atoms with E-state index in [9.17, 15) is 9.59 Å². The smallest absolute Gasteiger partial charge is 0.317 e. The van der Waals surface area contributed by atoms with Gasteiger partial charge in [0.05, 0.1) is 16.0 Å². The van der Waals surface area contributed by atoms with Crippen molar-refractivity contribution in [3.8, 4) is 6.07 Å². The van der Waals surface area contributed by atoms with E-state index in [1.807, 2.05) is 6.07 Å². The second-order valence-corrected chi connectivity index (χ2v) is 6.86. The molecule has 1 aliphatic rings. The fourth-order valence-corrected chi connectivity index (χ4v) is 3.00. The molecule has 0 aromatic heterocycles. The van der Waals surface area contributed by atoms with Gasteiger partial charge in [0.1, 0.15) is 6.07 Å². The van der Waals surface area contributed by atoms with Crippen LogP contribution in [0, 0.1) is 11.3 Å². The van der Waals surface area contributed by atoms with Crippen LogP contribution in [0.15, 0.2) is 42.5 Å². The lowest BCUT2D eigenvalue weighted by atomic mass is 9.96. The van der Waals surface area contributed by atoms with E-state index < -0.39 is 23.9 Å². The number of nitrogens with zero attached hydrogens (tertiary/aromatic N) is 1. The minimum absolute atomic E-state index is 0.238. The summed E-state index contributed by atoms with van der Waals surface area (Å²) in [7, 11) is 0. The van der Waals surface area contributed by atoms with Gasteiger partial charge < -0.3 is 10.1 Å².